The maximum absolute atomic E-state index is 12.8. The smallest absolute Gasteiger partial charge is 0.318 e. The van der Waals surface area contributed by atoms with Crippen molar-refractivity contribution in [1.29, 1.82) is 0 Å². The summed E-state index contributed by atoms with van der Waals surface area (Å²) in [7, 11) is 2.83. The molecule has 2 unspecified atom stereocenters. The van der Waals surface area contributed by atoms with E-state index in [2.05, 4.69) is 5.32 Å². The molecule has 8 heteroatoms. The van der Waals surface area contributed by atoms with Crippen LogP contribution in [0.15, 0.2) is 42.5 Å². The zero-order chi connectivity index (χ0) is 20.4. The fraction of sp³-hybridized carbons (Fsp3) is 0.250. The van der Waals surface area contributed by atoms with Crippen molar-refractivity contribution in [3.8, 4) is 11.5 Å². The molecule has 0 spiro atoms. The first-order valence-corrected chi connectivity index (χ1v) is 8.46. The molecule has 1 aliphatic rings. The molecule has 8 nitrogen and oxygen atoms in total. The lowest BCUT2D eigenvalue weighted by molar-refractivity contribution is -0.156. The van der Waals surface area contributed by atoms with Gasteiger partial charge in [0.1, 0.15) is 11.5 Å². The summed E-state index contributed by atoms with van der Waals surface area (Å²) in [6.45, 7) is 0. The summed E-state index contributed by atoms with van der Waals surface area (Å²) in [5.41, 5.74) is 1.34. The molecule has 2 aromatic rings. The van der Waals surface area contributed by atoms with Crippen LogP contribution in [-0.2, 0) is 14.4 Å². The Hall–Kier alpha value is -3.55. The van der Waals surface area contributed by atoms with Crippen molar-refractivity contribution >= 4 is 23.5 Å². The molecular weight excluding hydrogens is 366 g/mol. The molecule has 1 amide bonds. The summed E-state index contributed by atoms with van der Waals surface area (Å²) < 4.78 is 10.6. The molecule has 3 rings (SSSR count). The Morgan fingerprint density at radius 2 is 1.71 bits per heavy atom. The molecule has 146 valence electrons. The number of ether oxygens (including phenoxy) is 2. The number of amides is 1. The molecule has 0 aromatic heterocycles. The SMILES string of the molecule is COc1ccc(OC)c(C(C(C(=O)O)C(=O)O)C2C(=O)Nc3ccccc32)c1. The van der Waals surface area contributed by atoms with Gasteiger partial charge in [0.25, 0.3) is 0 Å². The number of benzene rings is 2. The van der Waals surface area contributed by atoms with Crippen molar-refractivity contribution in [1.82, 2.24) is 0 Å². The lowest BCUT2D eigenvalue weighted by Crippen LogP contribution is -2.35. The van der Waals surface area contributed by atoms with E-state index in [0.29, 0.717) is 17.0 Å². The molecular formula is C20H19NO7. The number of carboxylic acid groups (broad SMARTS) is 2. The van der Waals surface area contributed by atoms with Crippen LogP contribution in [0.3, 0.4) is 0 Å². The van der Waals surface area contributed by atoms with Crippen LogP contribution in [0.4, 0.5) is 5.69 Å². The summed E-state index contributed by atoms with van der Waals surface area (Å²) in [6.07, 6.45) is 0. The minimum Gasteiger partial charge on any atom is -0.497 e. The molecule has 0 saturated heterocycles. The Balaban J connectivity index is 2.27. The number of nitrogens with one attached hydrogen (secondary N) is 1. The number of aliphatic carboxylic acids is 2. The summed E-state index contributed by atoms with van der Waals surface area (Å²) in [5, 5.41) is 22.1. The van der Waals surface area contributed by atoms with Gasteiger partial charge in [-0.3, -0.25) is 14.4 Å². The number of hydrogen-bond acceptors (Lipinski definition) is 5. The van der Waals surface area contributed by atoms with Gasteiger partial charge in [-0.2, -0.15) is 0 Å². The number of carbonyl (C=O) groups is 3. The standard InChI is InChI=1S/C20H19NO7/c1-27-10-7-8-14(28-2)12(9-10)15(17(19(23)24)20(25)26)16-11-5-3-4-6-13(11)21-18(16)22/h3-9,15-17H,1-2H3,(H,21,22)(H,23,24)(H,25,26). The van der Waals surface area contributed by atoms with E-state index in [1.807, 2.05) is 0 Å². The van der Waals surface area contributed by atoms with Gasteiger partial charge in [0.05, 0.1) is 20.1 Å². The predicted octanol–water partition coefficient (Wildman–Crippen LogP) is 2.31. The monoisotopic (exact) mass is 385 g/mol. The van der Waals surface area contributed by atoms with Crippen LogP contribution in [0.2, 0.25) is 0 Å². The first-order chi connectivity index (χ1) is 13.4. The second-order valence-electron chi connectivity index (χ2n) is 6.34. The van der Waals surface area contributed by atoms with Crippen molar-refractivity contribution < 1.29 is 34.1 Å². The molecule has 1 heterocycles. The Kier molecular flexibility index (Phi) is 5.21. The molecule has 2 aromatic carbocycles. The topological polar surface area (TPSA) is 122 Å². The summed E-state index contributed by atoms with van der Waals surface area (Å²) in [6, 6.07) is 11.5. The molecule has 28 heavy (non-hydrogen) atoms. The zero-order valence-electron chi connectivity index (χ0n) is 15.2. The quantitative estimate of drug-likeness (QED) is 0.625. The molecule has 0 bridgehead atoms. The van der Waals surface area contributed by atoms with Crippen molar-refractivity contribution in [2.45, 2.75) is 11.8 Å². The summed E-state index contributed by atoms with van der Waals surface area (Å²) in [5.74, 6) is -7.00. The second-order valence-corrected chi connectivity index (χ2v) is 6.34. The second kappa shape index (κ2) is 7.59. The number of fused-ring (bicyclic) bond motifs is 1. The van der Waals surface area contributed by atoms with E-state index in [4.69, 9.17) is 9.47 Å². The van der Waals surface area contributed by atoms with E-state index in [1.54, 1.807) is 36.4 Å². The van der Waals surface area contributed by atoms with Gasteiger partial charge in [-0.25, -0.2) is 0 Å². The molecule has 0 radical (unpaired) electrons. The van der Waals surface area contributed by atoms with Gasteiger partial charge < -0.3 is 25.0 Å². The summed E-state index contributed by atoms with van der Waals surface area (Å²) in [4.78, 5) is 36.6. The number of methoxy groups -OCH3 is 2. The third kappa shape index (κ3) is 3.24. The van der Waals surface area contributed by atoms with E-state index in [9.17, 15) is 24.6 Å². The van der Waals surface area contributed by atoms with E-state index < -0.39 is 35.6 Å². The van der Waals surface area contributed by atoms with E-state index in [-0.39, 0.29) is 11.3 Å². The molecule has 0 aliphatic carbocycles. The average Bonchev–Trinajstić information content (AvgIpc) is 3.00. The highest BCUT2D eigenvalue weighted by atomic mass is 16.5. The van der Waals surface area contributed by atoms with Crippen LogP contribution in [0.25, 0.3) is 0 Å². The van der Waals surface area contributed by atoms with Crippen molar-refractivity contribution in [2.24, 2.45) is 5.92 Å². The van der Waals surface area contributed by atoms with Crippen molar-refractivity contribution in [2.75, 3.05) is 19.5 Å². The Morgan fingerprint density at radius 1 is 1.04 bits per heavy atom. The van der Waals surface area contributed by atoms with Gasteiger partial charge in [-0.05, 0) is 29.8 Å². The maximum Gasteiger partial charge on any atom is 0.318 e. The van der Waals surface area contributed by atoms with Crippen molar-refractivity contribution in [3.63, 3.8) is 0 Å². The molecule has 0 fully saturated rings. The van der Waals surface area contributed by atoms with Crippen LogP contribution < -0.4 is 14.8 Å². The van der Waals surface area contributed by atoms with Crippen molar-refractivity contribution in [3.05, 3.63) is 53.6 Å². The zero-order valence-corrected chi connectivity index (χ0v) is 15.2. The number of para-hydroxylation sites is 1. The Morgan fingerprint density at radius 3 is 2.32 bits per heavy atom. The minimum atomic E-state index is -1.87. The molecule has 0 saturated carbocycles. The van der Waals surface area contributed by atoms with E-state index >= 15 is 0 Å². The fourth-order valence-corrected chi connectivity index (χ4v) is 3.65. The van der Waals surface area contributed by atoms with Gasteiger partial charge in [0.2, 0.25) is 5.91 Å². The highest BCUT2D eigenvalue weighted by molar-refractivity contribution is 6.05. The highest BCUT2D eigenvalue weighted by Gasteiger charge is 2.48. The number of carbonyl (C=O) groups excluding carboxylic acids is 1. The molecule has 1 aliphatic heterocycles. The van der Waals surface area contributed by atoms with Gasteiger partial charge in [0, 0.05) is 17.2 Å². The van der Waals surface area contributed by atoms with Crippen LogP contribution in [0.5, 0.6) is 11.5 Å². The minimum absolute atomic E-state index is 0.272. The van der Waals surface area contributed by atoms with Crippen LogP contribution >= 0.6 is 0 Å². The van der Waals surface area contributed by atoms with Gasteiger partial charge in [-0.15, -0.1) is 0 Å². The van der Waals surface area contributed by atoms with Gasteiger partial charge >= 0.3 is 11.9 Å². The third-order valence-electron chi connectivity index (χ3n) is 4.88. The number of hydrogen-bond donors (Lipinski definition) is 3. The predicted molar refractivity (Wildman–Crippen MR) is 98.9 cm³/mol. The lowest BCUT2D eigenvalue weighted by Gasteiger charge is -2.28. The fourth-order valence-electron chi connectivity index (χ4n) is 3.65. The van der Waals surface area contributed by atoms with Crippen LogP contribution in [0.1, 0.15) is 23.0 Å². The average molecular weight is 385 g/mol. The van der Waals surface area contributed by atoms with Gasteiger partial charge in [-0.1, -0.05) is 18.2 Å². The van der Waals surface area contributed by atoms with Crippen LogP contribution in [-0.4, -0.2) is 42.3 Å². The van der Waals surface area contributed by atoms with E-state index in [1.165, 1.54) is 20.3 Å². The Bertz CT molecular complexity index is 926. The molecule has 2 atom stereocenters. The van der Waals surface area contributed by atoms with Gasteiger partial charge in [0.15, 0.2) is 5.92 Å². The first-order valence-electron chi connectivity index (χ1n) is 8.46. The first kappa shape index (κ1) is 19.2. The third-order valence-corrected chi connectivity index (χ3v) is 4.88. The Labute approximate surface area is 160 Å². The number of anilines is 1. The lowest BCUT2D eigenvalue weighted by atomic mass is 9.73. The molecule has 3 N–H and O–H groups in total. The summed E-state index contributed by atoms with van der Waals surface area (Å²) >= 11 is 0. The highest BCUT2D eigenvalue weighted by Crippen LogP contribution is 2.48. The van der Waals surface area contributed by atoms with E-state index in [0.717, 1.165) is 0 Å². The number of rotatable bonds is 7. The largest absolute Gasteiger partial charge is 0.497 e. The number of carboxylic acids is 2. The maximum atomic E-state index is 12.8. The normalized spacial score (nSPS) is 16.2. The van der Waals surface area contributed by atoms with Crippen LogP contribution in [0, 0.1) is 5.92 Å².